The summed E-state index contributed by atoms with van der Waals surface area (Å²) in [5.41, 5.74) is 3.26. The van der Waals surface area contributed by atoms with Crippen LogP contribution in [0.1, 0.15) is 44.2 Å². The Bertz CT molecular complexity index is 1020. The van der Waals surface area contributed by atoms with Gasteiger partial charge in [0.25, 0.3) is 0 Å². The maximum Gasteiger partial charge on any atom is 0.143 e. The first-order valence-electron chi connectivity index (χ1n) is 10.9. The van der Waals surface area contributed by atoms with Crippen LogP contribution in [0, 0.1) is 24.2 Å². The molecule has 0 aromatic carbocycles. The van der Waals surface area contributed by atoms with Gasteiger partial charge >= 0.3 is 0 Å². The summed E-state index contributed by atoms with van der Waals surface area (Å²) in [6, 6.07) is 2.30. The third-order valence-electron chi connectivity index (χ3n) is 6.49. The number of hydrogen-bond donors (Lipinski definition) is 2. The van der Waals surface area contributed by atoms with Gasteiger partial charge in [0.2, 0.25) is 0 Å². The second kappa shape index (κ2) is 8.16. The summed E-state index contributed by atoms with van der Waals surface area (Å²) in [5.74, 6) is 6.03. The van der Waals surface area contributed by atoms with Crippen LogP contribution < -0.4 is 5.32 Å². The molecule has 3 aliphatic rings. The molecule has 2 aliphatic heterocycles. The van der Waals surface area contributed by atoms with Crippen LogP contribution in [-0.2, 0) is 9.47 Å². The average Bonchev–Trinajstić information content (AvgIpc) is 3.47. The highest BCUT2D eigenvalue weighted by Gasteiger charge is 2.33. The molecule has 1 saturated carbocycles. The molecular formula is C24H28N4O2. The smallest absolute Gasteiger partial charge is 0.143 e. The van der Waals surface area contributed by atoms with Gasteiger partial charge in [-0.15, -0.1) is 6.42 Å². The van der Waals surface area contributed by atoms with Crippen molar-refractivity contribution in [3.8, 4) is 12.3 Å². The van der Waals surface area contributed by atoms with Gasteiger partial charge in [-0.25, -0.2) is 9.97 Å². The number of rotatable bonds is 7. The van der Waals surface area contributed by atoms with Crippen molar-refractivity contribution in [3.63, 3.8) is 0 Å². The number of aromatic nitrogens is 3. The summed E-state index contributed by atoms with van der Waals surface area (Å²) in [4.78, 5) is 12.5. The Morgan fingerprint density at radius 3 is 2.87 bits per heavy atom. The lowest BCUT2D eigenvalue weighted by Crippen LogP contribution is -2.39. The quantitative estimate of drug-likeness (QED) is 0.678. The van der Waals surface area contributed by atoms with E-state index in [-0.39, 0.29) is 6.04 Å². The predicted octanol–water partition coefficient (Wildman–Crippen LogP) is 4.15. The fraction of sp³-hybridized carbons (Fsp3) is 0.500. The van der Waals surface area contributed by atoms with Crippen molar-refractivity contribution >= 4 is 16.9 Å². The number of terminal acetylenes is 1. The molecule has 2 atom stereocenters. The molecule has 2 N–H and O–H groups in total. The summed E-state index contributed by atoms with van der Waals surface area (Å²) < 4.78 is 11.4. The van der Waals surface area contributed by atoms with Crippen LogP contribution in [0.3, 0.4) is 0 Å². The maximum atomic E-state index is 6.03. The van der Waals surface area contributed by atoms with Crippen LogP contribution >= 0.6 is 0 Å². The molecule has 2 fully saturated rings. The molecule has 1 aliphatic carbocycles. The molecule has 2 unspecified atom stereocenters. The molecule has 6 nitrogen and oxygen atoms in total. The number of anilines is 1. The topological polar surface area (TPSA) is 72.1 Å². The first-order chi connectivity index (χ1) is 14.7. The number of allylic oxidation sites excluding steroid dienone is 2. The van der Waals surface area contributed by atoms with Gasteiger partial charge in [-0.1, -0.05) is 5.92 Å². The average molecular weight is 405 g/mol. The van der Waals surface area contributed by atoms with Gasteiger partial charge in [0.15, 0.2) is 0 Å². The molecule has 2 aromatic rings. The van der Waals surface area contributed by atoms with Gasteiger partial charge in [-0.05, 0) is 56.7 Å². The van der Waals surface area contributed by atoms with Gasteiger partial charge in [0.1, 0.15) is 17.8 Å². The molecule has 4 heterocycles. The number of nitrogens with zero attached hydrogens (tertiary/aromatic N) is 2. The SMILES string of the molecule is C#C/C=C\C1=C(C)OCC(CCC2COC2)C1Nc1ncnc2[nH]c(C3CC3)cc12. The second-order valence-electron chi connectivity index (χ2n) is 8.67. The largest absolute Gasteiger partial charge is 0.497 e. The summed E-state index contributed by atoms with van der Waals surface area (Å²) in [7, 11) is 0. The highest BCUT2D eigenvalue weighted by molar-refractivity contribution is 5.88. The number of H-pyrrole nitrogens is 1. The highest BCUT2D eigenvalue weighted by atomic mass is 16.5. The third kappa shape index (κ3) is 3.82. The molecule has 2 aromatic heterocycles. The van der Waals surface area contributed by atoms with Crippen molar-refractivity contribution in [2.45, 2.75) is 44.6 Å². The van der Waals surface area contributed by atoms with Crippen LogP contribution in [0.15, 0.2) is 35.9 Å². The molecule has 0 bridgehead atoms. The lowest BCUT2D eigenvalue weighted by atomic mass is 9.84. The van der Waals surface area contributed by atoms with E-state index in [2.05, 4.69) is 32.3 Å². The fourth-order valence-corrected chi connectivity index (χ4v) is 4.43. The third-order valence-corrected chi connectivity index (χ3v) is 6.49. The molecule has 5 rings (SSSR count). The zero-order valence-electron chi connectivity index (χ0n) is 17.4. The molecule has 1 saturated heterocycles. The van der Waals surface area contributed by atoms with E-state index in [1.165, 1.54) is 18.5 Å². The maximum absolute atomic E-state index is 6.03. The van der Waals surface area contributed by atoms with Gasteiger partial charge in [-0.2, -0.15) is 0 Å². The number of aromatic amines is 1. The summed E-state index contributed by atoms with van der Waals surface area (Å²) in [5, 5.41) is 4.79. The van der Waals surface area contributed by atoms with Crippen LogP contribution in [0.2, 0.25) is 0 Å². The van der Waals surface area contributed by atoms with Crippen LogP contribution in [0.5, 0.6) is 0 Å². The Labute approximate surface area is 177 Å². The number of ether oxygens (including phenoxy) is 2. The standard InChI is InChI=1S/C24H28N4O2/c1-3-4-5-19-15(2)30-13-18(7-6-16-11-29-12-16)22(19)28-24-20-10-21(17-8-9-17)27-23(20)25-14-26-24/h1,4-5,10,14,16-18,22H,6-9,11-13H2,2H3,(H2,25,26,27,28)/b5-4-. The van der Waals surface area contributed by atoms with Crippen molar-refractivity contribution in [3.05, 3.63) is 41.6 Å². The molecular weight excluding hydrogens is 376 g/mol. The van der Waals surface area contributed by atoms with Crippen molar-refractivity contribution in [1.82, 2.24) is 15.0 Å². The first kappa shape index (κ1) is 19.2. The van der Waals surface area contributed by atoms with E-state index >= 15 is 0 Å². The molecule has 30 heavy (non-hydrogen) atoms. The summed E-state index contributed by atoms with van der Waals surface area (Å²) in [6.07, 6.45) is 15.6. The Morgan fingerprint density at radius 1 is 1.27 bits per heavy atom. The summed E-state index contributed by atoms with van der Waals surface area (Å²) >= 11 is 0. The first-order valence-corrected chi connectivity index (χ1v) is 10.9. The van der Waals surface area contributed by atoms with Crippen LogP contribution in [0.25, 0.3) is 11.0 Å². The predicted molar refractivity (Wildman–Crippen MR) is 117 cm³/mol. The van der Waals surface area contributed by atoms with Gasteiger partial charge in [0, 0.05) is 23.1 Å². The van der Waals surface area contributed by atoms with E-state index < -0.39 is 0 Å². The van der Waals surface area contributed by atoms with Crippen molar-refractivity contribution in [2.75, 3.05) is 25.1 Å². The number of fused-ring (bicyclic) bond motifs is 1. The zero-order valence-corrected chi connectivity index (χ0v) is 17.4. The highest BCUT2D eigenvalue weighted by Crippen LogP contribution is 2.41. The second-order valence-corrected chi connectivity index (χ2v) is 8.67. The molecule has 0 amide bonds. The van der Waals surface area contributed by atoms with Crippen LogP contribution in [-0.4, -0.2) is 40.8 Å². The van der Waals surface area contributed by atoms with E-state index in [1.54, 1.807) is 12.4 Å². The molecule has 0 radical (unpaired) electrons. The fourth-order valence-electron chi connectivity index (χ4n) is 4.43. The van der Waals surface area contributed by atoms with Crippen molar-refractivity contribution in [1.29, 1.82) is 0 Å². The van der Waals surface area contributed by atoms with Crippen LogP contribution in [0.4, 0.5) is 5.82 Å². The minimum absolute atomic E-state index is 0.0849. The number of nitrogens with one attached hydrogen (secondary N) is 2. The zero-order chi connectivity index (χ0) is 20.5. The van der Waals surface area contributed by atoms with Crippen molar-refractivity contribution in [2.24, 2.45) is 11.8 Å². The normalized spacial score (nSPS) is 24.7. The Balaban J connectivity index is 1.45. The van der Waals surface area contributed by atoms with Gasteiger partial charge in [-0.3, -0.25) is 0 Å². The Morgan fingerprint density at radius 2 is 2.13 bits per heavy atom. The van der Waals surface area contributed by atoms with Crippen molar-refractivity contribution < 1.29 is 9.47 Å². The number of hydrogen-bond acceptors (Lipinski definition) is 5. The lowest BCUT2D eigenvalue weighted by Gasteiger charge is -2.36. The lowest BCUT2D eigenvalue weighted by molar-refractivity contribution is -0.0396. The van der Waals surface area contributed by atoms with E-state index in [4.69, 9.17) is 15.9 Å². The van der Waals surface area contributed by atoms with E-state index in [9.17, 15) is 0 Å². The minimum Gasteiger partial charge on any atom is -0.497 e. The van der Waals surface area contributed by atoms with E-state index in [1.807, 2.05) is 13.0 Å². The molecule has 6 heteroatoms. The van der Waals surface area contributed by atoms with E-state index in [0.717, 1.165) is 54.2 Å². The molecule has 156 valence electrons. The summed E-state index contributed by atoms with van der Waals surface area (Å²) in [6.45, 7) is 4.46. The van der Waals surface area contributed by atoms with E-state index in [0.29, 0.717) is 24.4 Å². The Kier molecular flexibility index (Phi) is 5.22. The monoisotopic (exact) mass is 404 g/mol. The van der Waals surface area contributed by atoms with Gasteiger partial charge < -0.3 is 19.8 Å². The molecule has 0 spiro atoms. The minimum atomic E-state index is 0.0849. The van der Waals surface area contributed by atoms with Gasteiger partial charge in [0.05, 0.1) is 37.0 Å². The Hall–Kier alpha value is -2.78.